The Bertz CT molecular complexity index is 689. The van der Waals surface area contributed by atoms with Crippen LogP contribution < -0.4 is 10.6 Å². The molecule has 0 aromatic heterocycles. The normalized spacial score (nSPS) is 11.1. The average molecular weight is 450 g/mol. The Morgan fingerprint density at radius 2 is 1.83 bits per heavy atom. The zero-order valence-electron chi connectivity index (χ0n) is 12.0. The van der Waals surface area contributed by atoms with Crippen molar-refractivity contribution in [2.75, 3.05) is 11.9 Å². The minimum Gasteiger partial charge on any atom is -0.362 e. The third-order valence-corrected chi connectivity index (χ3v) is 4.26. The highest BCUT2D eigenvalue weighted by Crippen LogP contribution is 2.29. The van der Waals surface area contributed by atoms with Gasteiger partial charge in [0.05, 0.1) is 11.3 Å². The number of nitrogens with one attached hydrogen (secondary N) is 2. The van der Waals surface area contributed by atoms with Crippen LogP contribution in [0.15, 0.2) is 48.5 Å². The number of halogens is 4. The van der Waals surface area contributed by atoms with E-state index in [2.05, 4.69) is 33.2 Å². The van der Waals surface area contributed by atoms with E-state index in [1.54, 1.807) is 6.07 Å². The standard InChI is InChI=1S/C16H14F3IN2S/c17-16(18,19)12-5-3-4-11(10-12)8-9-21-15(23)22-14-7-2-1-6-13(14)20/h1-7,10H,8-9H2,(H2,21,22,23). The highest BCUT2D eigenvalue weighted by atomic mass is 127. The molecule has 0 radical (unpaired) electrons. The highest BCUT2D eigenvalue weighted by molar-refractivity contribution is 14.1. The minimum atomic E-state index is -4.32. The lowest BCUT2D eigenvalue weighted by atomic mass is 10.1. The van der Waals surface area contributed by atoms with E-state index in [1.165, 1.54) is 6.07 Å². The number of alkyl halides is 3. The molecule has 0 spiro atoms. The van der Waals surface area contributed by atoms with Crippen LogP contribution >= 0.6 is 34.8 Å². The molecule has 0 aliphatic carbocycles. The van der Waals surface area contributed by atoms with Gasteiger partial charge in [0.15, 0.2) is 5.11 Å². The van der Waals surface area contributed by atoms with Crippen molar-refractivity contribution in [3.63, 3.8) is 0 Å². The lowest BCUT2D eigenvalue weighted by Gasteiger charge is -2.12. The summed E-state index contributed by atoms with van der Waals surface area (Å²) >= 11 is 7.39. The quantitative estimate of drug-likeness (QED) is 0.515. The summed E-state index contributed by atoms with van der Waals surface area (Å²) in [6.07, 6.45) is -3.86. The second-order valence-corrected chi connectivity index (χ2v) is 6.38. The number of rotatable bonds is 4. The molecule has 0 unspecified atom stereocenters. The Labute approximate surface area is 151 Å². The van der Waals surface area contributed by atoms with Crippen LogP contribution in [0.2, 0.25) is 0 Å². The van der Waals surface area contributed by atoms with Crippen molar-refractivity contribution in [2.24, 2.45) is 0 Å². The Morgan fingerprint density at radius 1 is 1.09 bits per heavy atom. The maximum absolute atomic E-state index is 12.7. The lowest BCUT2D eigenvalue weighted by Crippen LogP contribution is -2.30. The van der Waals surface area contributed by atoms with Crippen LogP contribution in [0.3, 0.4) is 0 Å². The molecular weight excluding hydrogens is 436 g/mol. The molecule has 0 fully saturated rings. The number of hydrogen-bond acceptors (Lipinski definition) is 1. The summed E-state index contributed by atoms with van der Waals surface area (Å²) < 4.78 is 39.0. The summed E-state index contributed by atoms with van der Waals surface area (Å²) in [7, 11) is 0. The van der Waals surface area contributed by atoms with Crippen LogP contribution in [0.25, 0.3) is 0 Å². The second-order valence-electron chi connectivity index (χ2n) is 4.81. The summed E-state index contributed by atoms with van der Waals surface area (Å²) in [4.78, 5) is 0. The third kappa shape index (κ3) is 5.65. The fourth-order valence-corrected chi connectivity index (χ4v) is 2.69. The molecule has 0 atom stereocenters. The molecule has 0 bridgehead atoms. The second kappa shape index (κ2) is 7.96. The lowest BCUT2D eigenvalue weighted by molar-refractivity contribution is -0.137. The molecule has 0 amide bonds. The molecule has 2 rings (SSSR count). The van der Waals surface area contributed by atoms with Crippen LogP contribution in [-0.4, -0.2) is 11.7 Å². The number of thiocarbonyl (C=S) groups is 1. The number of para-hydroxylation sites is 1. The Balaban J connectivity index is 1.85. The van der Waals surface area contributed by atoms with E-state index >= 15 is 0 Å². The Kier molecular flexibility index (Phi) is 6.23. The van der Waals surface area contributed by atoms with Crippen LogP contribution in [-0.2, 0) is 12.6 Å². The first-order valence-corrected chi connectivity index (χ1v) is 8.30. The molecule has 0 heterocycles. The summed E-state index contributed by atoms with van der Waals surface area (Å²) in [6.45, 7) is 0.455. The number of anilines is 1. The SMILES string of the molecule is FC(F)(F)c1cccc(CCNC(=S)Nc2ccccc2I)c1. The van der Waals surface area contributed by atoms with Gasteiger partial charge >= 0.3 is 6.18 Å². The summed E-state index contributed by atoms with van der Waals surface area (Å²) in [5, 5.41) is 6.51. The number of benzene rings is 2. The monoisotopic (exact) mass is 450 g/mol. The molecule has 122 valence electrons. The fraction of sp³-hybridized carbons (Fsp3) is 0.188. The molecule has 0 aliphatic heterocycles. The van der Waals surface area contributed by atoms with E-state index in [9.17, 15) is 13.2 Å². The minimum absolute atomic E-state index is 0.445. The van der Waals surface area contributed by atoms with Crippen molar-refractivity contribution in [1.29, 1.82) is 0 Å². The first-order chi connectivity index (χ1) is 10.9. The molecular formula is C16H14F3IN2S. The molecule has 2 nitrogen and oxygen atoms in total. The van der Waals surface area contributed by atoms with Crippen molar-refractivity contribution in [3.05, 3.63) is 63.2 Å². The molecule has 0 saturated heterocycles. The van der Waals surface area contributed by atoms with Crippen molar-refractivity contribution in [3.8, 4) is 0 Å². The topological polar surface area (TPSA) is 24.1 Å². The Morgan fingerprint density at radius 3 is 2.52 bits per heavy atom. The molecule has 0 saturated carbocycles. The van der Waals surface area contributed by atoms with E-state index in [0.29, 0.717) is 23.6 Å². The van der Waals surface area contributed by atoms with Gasteiger partial charge < -0.3 is 10.6 Å². The van der Waals surface area contributed by atoms with E-state index in [0.717, 1.165) is 21.4 Å². The zero-order chi connectivity index (χ0) is 16.9. The fourth-order valence-electron chi connectivity index (χ4n) is 1.95. The van der Waals surface area contributed by atoms with E-state index in [1.807, 2.05) is 24.3 Å². The molecule has 23 heavy (non-hydrogen) atoms. The molecule has 2 aromatic rings. The van der Waals surface area contributed by atoms with Gasteiger partial charge in [-0.25, -0.2) is 0 Å². The van der Waals surface area contributed by atoms with Gasteiger partial charge in [0.1, 0.15) is 0 Å². The maximum Gasteiger partial charge on any atom is 0.416 e. The van der Waals surface area contributed by atoms with Crippen molar-refractivity contribution >= 4 is 45.6 Å². The van der Waals surface area contributed by atoms with Gasteiger partial charge in [-0.2, -0.15) is 13.2 Å². The first kappa shape index (κ1) is 18.0. The highest BCUT2D eigenvalue weighted by Gasteiger charge is 2.30. The van der Waals surface area contributed by atoms with Gasteiger partial charge in [-0.15, -0.1) is 0 Å². The maximum atomic E-state index is 12.7. The number of hydrogen-bond donors (Lipinski definition) is 2. The smallest absolute Gasteiger partial charge is 0.362 e. The molecule has 7 heteroatoms. The van der Waals surface area contributed by atoms with Crippen LogP contribution in [0, 0.1) is 3.57 Å². The van der Waals surface area contributed by atoms with E-state index in [4.69, 9.17) is 12.2 Å². The summed E-state index contributed by atoms with van der Waals surface area (Å²) in [6, 6.07) is 13.0. The first-order valence-electron chi connectivity index (χ1n) is 6.82. The third-order valence-electron chi connectivity index (χ3n) is 3.08. The largest absolute Gasteiger partial charge is 0.416 e. The van der Waals surface area contributed by atoms with Crippen molar-refractivity contribution in [2.45, 2.75) is 12.6 Å². The molecule has 2 N–H and O–H groups in total. The van der Waals surface area contributed by atoms with Gasteiger partial charge in [-0.1, -0.05) is 30.3 Å². The van der Waals surface area contributed by atoms with E-state index < -0.39 is 11.7 Å². The van der Waals surface area contributed by atoms with Crippen LogP contribution in [0.1, 0.15) is 11.1 Å². The summed E-state index contributed by atoms with van der Waals surface area (Å²) in [5.74, 6) is 0. The average Bonchev–Trinajstić information content (AvgIpc) is 2.49. The summed E-state index contributed by atoms with van der Waals surface area (Å²) in [5.41, 5.74) is 0.878. The molecule has 2 aromatic carbocycles. The van der Waals surface area contributed by atoms with Gasteiger partial charge in [-0.3, -0.25) is 0 Å². The van der Waals surface area contributed by atoms with Gasteiger partial charge in [-0.05, 0) is 65.0 Å². The zero-order valence-corrected chi connectivity index (χ0v) is 14.9. The Hall–Kier alpha value is -1.35. The van der Waals surface area contributed by atoms with E-state index in [-0.39, 0.29) is 0 Å². The van der Waals surface area contributed by atoms with Crippen LogP contribution in [0.4, 0.5) is 18.9 Å². The predicted octanol–water partition coefficient (Wildman–Crippen LogP) is 4.84. The van der Waals surface area contributed by atoms with Gasteiger partial charge in [0.2, 0.25) is 0 Å². The van der Waals surface area contributed by atoms with Gasteiger partial charge in [0, 0.05) is 10.1 Å². The van der Waals surface area contributed by atoms with Crippen LogP contribution in [0.5, 0.6) is 0 Å². The predicted molar refractivity (Wildman–Crippen MR) is 98.5 cm³/mol. The van der Waals surface area contributed by atoms with Gasteiger partial charge in [0.25, 0.3) is 0 Å². The van der Waals surface area contributed by atoms with Crippen molar-refractivity contribution in [1.82, 2.24) is 5.32 Å². The van der Waals surface area contributed by atoms with Crippen molar-refractivity contribution < 1.29 is 13.2 Å². The molecule has 0 aliphatic rings.